The summed E-state index contributed by atoms with van der Waals surface area (Å²) in [5.41, 5.74) is 8.03. The van der Waals surface area contributed by atoms with Crippen molar-refractivity contribution < 1.29 is 13.9 Å². The van der Waals surface area contributed by atoms with Crippen LogP contribution in [-0.4, -0.2) is 20.1 Å². The summed E-state index contributed by atoms with van der Waals surface area (Å²) in [6, 6.07) is 5.01. The van der Waals surface area contributed by atoms with E-state index < -0.39 is 5.97 Å². The number of carbonyl (C=O) groups excluding carboxylic acids is 1. The minimum atomic E-state index is -0.478. The molecule has 2 rings (SSSR count). The molecule has 1 heterocycles. The Kier molecular flexibility index (Phi) is 4.20. The van der Waals surface area contributed by atoms with Crippen LogP contribution < -0.4 is 10.6 Å². The van der Waals surface area contributed by atoms with Gasteiger partial charge in [0.05, 0.1) is 35.9 Å². The van der Waals surface area contributed by atoms with Crippen molar-refractivity contribution in [1.29, 1.82) is 0 Å². The molecule has 20 heavy (non-hydrogen) atoms. The van der Waals surface area contributed by atoms with Gasteiger partial charge in [0.2, 0.25) is 0 Å². The third-order valence-electron chi connectivity index (χ3n) is 2.87. The monoisotopic (exact) mass is 294 g/mol. The molecule has 0 saturated carbocycles. The molecular formula is C14H15ClN2O3. The lowest BCUT2D eigenvalue weighted by molar-refractivity contribution is 0.0601. The number of hydrogen-bond donors (Lipinski definition) is 1. The average molecular weight is 295 g/mol. The molecular weight excluding hydrogens is 280 g/mol. The Balaban J connectivity index is 2.41. The molecule has 0 aliphatic rings. The van der Waals surface area contributed by atoms with Crippen molar-refractivity contribution in [3.8, 4) is 0 Å². The van der Waals surface area contributed by atoms with Crippen LogP contribution >= 0.6 is 11.6 Å². The highest BCUT2D eigenvalue weighted by atomic mass is 35.5. The number of rotatable bonds is 4. The largest absolute Gasteiger partial charge is 0.472 e. The van der Waals surface area contributed by atoms with Gasteiger partial charge in [-0.25, -0.2) is 4.79 Å². The Morgan fingerprint density at radius 2 is 2.25 bits per heavy atom. The van der Waals surface area contributed by atoms with Gasteiger partial charge in [0, 0.05) is 24.8 Å². The van der Waals surface area contributed by atoms with Gasteiger partial charge in [-0.15, -0.1) is 0 Å². The second-order valence-electron chi connectivity index (χ2n) is 4.38. The predicted octanol–water partition coefficient (Wildman–Crippen LogP) is 2.94. The van der Waals surface area contributed by atoms with Crippen LogP contribution in [-0.2, 0) is 11.3 Å². The van der Waals surface area contributed by atoms with Gasteiger partial charge in [0.15, 0.2) is 0 Å². The number of ether oxygens (including phenoxy) is 1. The summed E-state index contributed by atoms with van der Waals surface area (Å²) in [5, 5.41) is 0.399. The summed E-state index contributed by atoms with van der Waals surface area (Å²) in [7, 11) is 3.15. The summed E-state index contributed by atoms with van der Waals surface area (Å²) >= 11 is 6.22. The Hall–Kier alpha value is -2.14. The Morgan fingerprint density at radius 3 is 2.85 bits per heavy atom. The van der Waals surface area contributed by atoms with Crippen LogP contribution in [0.2, 0.25) is 5.02 Å². The van der Waals surface area contributed by atoms with Crippen LogP contribution in [0.15, 0.2) is 35.1 Å². The maximum Gasteiger partial charge on any atom is 0.340 e. The molecule has 0 aliphatic heterocycles. The lowest BCUT2D eigenvalue weighted by Crippen LogP contribution is -2.20. The van der Waals surface area contributed by atoms with Crippen molar-refractivity contribution in [3.05, 3.63) is 46.9 Å². The fraction of sp³-hybridized carbons (Fsp3) is 0.214. The normalized spacial score (nSPS) is 10.3. The zero-order valence-electron chi connectivity index (χ0n) is 11.2. The summed E-state index contributed by atoms with van der Waals surface area (Å²) < 4.78 is 9.80. The minimum Gasteiger partial charge on any atom is -0.472 e. The number of esters is 1. The molecule has 6 heteroatoms. The highest BCUT2D eigenvalue weighted by Crippen LogP contribution is 2.33. The molecule has 2 N–H and O–H groups in total. The summed E-state index contributed by atoms with van der Waals surface area (Å²) in [5.74, 6) is -0.478. The number of nitrogens with zero attached hydrogens (tertiary/aromatic N) is 1. The van der Waals surface area contributed by atoms with Gasteiger partial charge in [-0.3, -0.25) is 0 Å². The van der Waals surface area contributed by atoms with E-state index in [1.807, 2.05) is 18.0 Å². The smallest absolute Gasteiger partial charge is 0.340 e. The van der Waals surface area contributed by atoms with Crippen molar-refractivity contribution in [1.82, 2.24) is 0 Å². The lowest BCUT2D eigenvalue weighted by atomic mass is 10.1. The quantitative estimate of drug-likeness (QED) is 0.693. The van der Waals surface area contributed by atoms with E-state index in [-0.39, 0.29) is 0 Å². The summed E-state index contributed by atoms with van der Waals surface area (Å²) in [4.78, 5) is 13.7. The second kappa shape index (κ2) is 5.88. The molecule has 0 radical (unpaired) electrons. The first-order valence-electron chi connectivity index (χ1n) is 5.92. The number of anilines is 2. The molecule has 106 valence electrons. The molecule has 0 bridgehead atoms. The number of methoxy groups -OCH3 is 1. The van der Waals surface area contributed by atoms with Crippen molar-refractivity contribution >= 4 is 28.9 Å². The lowest BCUT2D eigenvalue weighted by Gasteiger charge is -2.22. The first-order valence-corrected chi connectivity index (χ1v) is 6.30. The van der Waals surface area contributed by atoms with E-state index >= 15 is 0 Å². The Morgan fingerprint density at radius 1 is 1.50 bits per heavy atom. The molecule has 0 spiro atoms. The van der Waals surface area contributed by atoms with Gasteiger partial charge < -0.3 is 19.8 Å². The number of hydrogen-bond acceptors (Lipinski definition) is 5. The van der Waals surface area contributed by atoms with Crippen LogP contribution in [0.3, 0.4) is 0 Å². The standard InChI is InChI=1S/C14H15ClN2O3/c1-17(7-9-3-4-20-8-9)13-11(14(18)19-2)5-10(16)6-12(13)15/h3-6,8H,7,16H2,1-2H3. The Labute approximate surface area is 121 Å². The third-order valence-corrected chi connectivity index (χ3v) is 3.16. The van der Waals surface area contributed by atoms with Crippen LogP contribution in [0.5, 0.6) is 0 Å². The number of benzene rings is 1. The van der Waals surface area contributed by atoms with Gasteiger partial charge in [-0.05, 0) is 18.2 Å². The van der Waals surface area contributed by atoms with E-state index in [0.717, 1.165) is 5.56 Å². The van der Waals surface area contributed by atoms with Gasteiger partial charge in [0.25, 0.3) is 0 Å². The van der Waals surface area contributed by atoms with Crippen LogP contribution in [0.1, 0.15) is 15.9 Å². The number of halogens is 1. The number of carbonyl (C=O) groups is 1. The fourth-order valence-corrected chi connectivity index (χ4v) is 2.38. The van der Waals surface area contributed by atoms with Crippen molar-refractivity contribution in [2.75, 3.05) is 24.8 Å². The van der Waals surface area contributed by atoms with Crippen LogP contribution in [0, 0.1) is 0 Å². The van der Waals surface area contributed by atoms with E-state index in [4.69, 9.17) is 26.5 Å². The molecule has 1 aromatic carbocycles. The third kappa shape index (κ3) is 2.88. The van der Waals surface area contributed by atoms with Gasteiger partial charge >= 0.3 is 5.97 Å². The van der Waals surface area contributed by atoms with E-state index in [9.17, 15) is 4.79 Å². The van der Waals surface area contributed by atoms with E-state index in [1.54, 1.807) is 24.7 Å². The van der Waals surface area contributed by atoms with Crippen molar-refractivity contribution in [2.45, 2.75) is 6.54 Å². The first kappa shape index (κ1) is 14.3. The zero-order valence-corrected chi connectivity index (χ0v) is 12.0. The molecule has 5 nitrogen and oxygen atoms in total. The number of nitrogens with two attached hydrogens (primary N) is 1. The number of furan rings is 1. The van der Waals surface area contributed by atoms with E-state index in [2.05, 4.69) is 0 Å². The molecule has 0 unspecified atom stereocenters. The van der Waals surface area contributed by atoms with E-state index in [0.29, 0.717) is 28.5 Å². The average Bonchev–Trinajstić information content (AvgIpc) is 2.89. The van der Waals surface area contributed by atoms with Crippen molar-refractivity contribution in [2.24, 2.45) is 0 Å². The fourth-order valence-electron chi connectivity index (χ4n) is 2.01. The van der Waals surface area contributed by atoms with Crippen LogP contribution in [0.25, 0.3) is 0 Å². The van der Waals surface area contributed by atoms with Gasteiger partial charge in [-0.2, -0.15) is 0 Å². The van der Waals surface area contributed by atoms with Crippen molar-refractivity contribution in [3.63, 3.8) is 0 Å². The predicted molar refractivity (Wildman–Crippen MR) is 78.0 cm³/mol. The topological polar surface area (TPSA) is 68.7 Å². The molecule has 0 aliphatic carbocycles. The number of nitrogen functional groups attached to an aromatic ring is 1. The van der Waals surface area contributed by atoms with Gasteiger partial charge in [0.1, 0.15) is 0 Å². The second-order valence-corrected chi connectivity index (χ2v) is 4.79. The maximum absolute atomic E-state index is 11.9. The highest BCUT2D eigenvalue weighted by Gasteiger charge is 2.19. The zero-order chi connectivity index (χ0) is 14.7. The molecule has 2 aromatic rings. The molecule has 0 fully saturated rings. The molecule has 0 saturated heterocycles. The maximum atomic E-state index is 11.9. The Bertz CT molecular complexity index is 611. The van der Waals surface area contributed by atoms with Crippen LogP contribution in [0.4, 0.5) is 11.4 Å². The minimum absolute atomic E-state index is 0.337. The molecule has 0 amide bonds. The molecule has 0 atom stereocenters. The highest BCUT2D eigenvalue weighted by molar-refractivity contribution is 6.34. The molecule has 1 aromatic heterocycles. The van der Waals surface area contributed by atoms with E-state index in [1.165, 1.54) is 7.11 Å². The summed E-state index contributed by atoms with van der Waals surface area (Å²) in [6.45, 7) is 0.546. The summed E-state index contributed by atoms with van der Waals surface area (Å²) in [6.07, 6.45) is 3.23. The van der Waals surface area contributed by atoms with Gasteiger partial charge in [-0.1, -0.05) is 11.6 Å². The first-order chi connectivity index (χ1) is 9.52. The SMILES string of the molecule is COC(=O)c1cc(N)cc(Cl)c1N(C)Cc1ccoc1.